The molecule has 3 nitrogen and oxygen atoms in total. The molecule has 0 radical (unpaired) electrons. The van der Waals surface area contributed by atoms with Crippen LogP contribution in [0.25, 0.3) is 0 Å². The van der Waals surface area contributed by atoms with Crippen molar-refractivity contribution in [2.24, 2.45) is 11.8 Å². The average molecular weight is 373 g/mol. The zero-order valence-electron chi connectivity index (χ0n) is 11.6. The van der Waals surface area contributed by atoms with Gasteiger partial charge < -0.3 is 10.0 Å². The molecule has 0 saturated carbocycles. The largest absolute Gasteiger partial charge is 0.507 e. The number of phenolic OH excluding ortho intramolecular Hbond substituents is 1. The van der Waals surface area contributed by atoms with Crippen molar-refractivity contribution in [3.63, 3.8) is 0 Å². The summed E-state index contributed by atoms with van der Waals surface area (Å²) in [5.41, 5.74) is 0.575. The summed E-state index contributed by atoms with van der Waals surface area (Å²) in [6.07, 6.45) is 1.17. The van der Waals surface area contributed by atoms with Crippen LogP contribution in [0.5, 0.6) is 5.75 Å². The second-order valence-electron chi connectivity index (χ2n) is 5.68. The maximum atomic E-state index is 12.6. The molecule has 1 aliphatic heterocycles. The van der Waals surface area contributed by atoms with Crippen LogP contribution in [0.4, 0.5) is 0 Å². The van der Waals surface area contributed by atoms with E-state index >= 15 is 0 Å². The lowest BCUT2D eigenvalue weighted by Gasteiger charge is -2.41. The lowest BCUT2D eigenvalue weighted by Crippen LogP contribution is -2.48. The molecule has 104 valence electrons. The second-order valence-corrected chi connectivity index (χ2v) is 6.84. The van der Waals surface area contributed by atoms with Gasteiger partial charge in [-0.1, -0.05) is 13.8 Å². The SMILES string of the molecule is CC1CC(C)C(C)N(C(=O)c2ccc(I)c(O)c2)C1. The van der Waals surface area contributed by atoms with E-state index < -0.39 is 0 Å². The molecule has 3 atom stereocenters. The van der Waals surface area contributed by atoms with Gasteiger partial charge in [0.2, 0.25) is 0 Å². The molecule has 0 bridgehead atoms. The van der Waals surface area contributed by atoms with Gasteiger partial charge in [0.1, 0.15) is 5.75 Å². The maximum absolute atomic E-state index is 12.6. The number of carbonyl (C=O) groups is 1. The van der Waals surface area contributed by atoms with Gasteiger partial charge in [0.25, 0.3) is 5.91 Å². The van der Waals surface area contributed by atoms with Crippen molar-refractivity contribution < 1.29 is 9.90 Å². The van der Waals surface area contributed by atoms with Gasteiger partial charge in [-0.15, -0.1) is 0 Å². The molecule has 4 heteroatoms. The van der Waals surface area contributed by atoms with Gasteiger partial charge in [0.15, 0.2) is 0 Å². The minimum atomic E-state index is 0.0256. The Balaban J connectivity index is 2.24. The first-order valence-corrected chi connectivity index (χ1v) is 7.77. The molecule has 0 aliphatic carbocycles. The number of likely N-dealkylation sites (tertiary alicyclic amines) is 1. The van der Waals surface area contributed by atoms with Crippen molar-refractivity contribution in [2.75, 3.05) is 6.54 Å². The molecule has 3 unspecified atom stereocenters. The summed E-state index contributed by atoms with van der Waals surface area (Å²) in [5.74, 6) is 1.26. The smallest absolute Gasteiger partial charge is 0.254 e. The van der Waals surface area contributed by atoms with E-state index in [1.165, 1.54) is 6.42 Å². The predicted molar refractivity (Wildman–Crippen MR) is 84.3 cm³/mol. The Hall–Kier alpha value is -0.780. The summed E-state index contributed by atoms with van der Waals surface area (Å²) in [7, 11) is 0. The number of piperidine rings is 1. The lowest BCUT2D eigenvalue weighted by atomic mass is 9.85. The monoisotopic (exact) mass is 373 g/mol. The van der Waals surface area contributed by atoms with Crippen LogP contribution in [0.2, 0.25) is 0 Å². The van der Waals surface area contributed by atoms with Gasteiger partial charge in [-0.2, -0.15) is 0 Å². The third-order valence-corrected chi connectivity index (χ3v) is 4.96. The quantitative estimate of drug-likeness (QED) is 0.766. The second kappa shape index (κ2) is 5.69. The van der Waals surface area contributed by atoms with Gasteiger partial charge >= 0.3 is 0 Å². The van der Waals surface area contributed by atoms with E-state index in [9.17, 15) is 9.90 Å². The number of hydrogen-bond acceptors (Lipinski definition) is 2. The molecule has 1 amide bonds. The van der Waals surface area contributed by atoms with Crippen molar-refractivity contribution in [3.8, 4) is 5.75 Å². The van der Waals surface area contributed by atoms with Crippen LogP contribution >= 0.6 is 22.6 Å². The summed E-state index contributed by atoms with van der Waals surface area (Å²) in [4.78, 5) is 14.5. The zero-order chi connectivity index (χ0) is 14.2. The Morgan fingerprint density at radius 1 is 1.37 bits per heavy atom. The van der Waals surface area contributed by atoms with E-state index in [0.717, 1.165) is 10.1 Å². The standard InChI is InChI=1S/C15H20INO2/c1-9-6-10(2)11(3)17(8-9)15(19)12-4-5-13(16)14(18)7-12/h4-5,7,9-11,18H,6,8H2,1-3H3. The molecule has 1 aliphatic rings. The highest BCUT2D eigenvalue weighted by Crippen LogP contribution is 2.29. The van der Waals surface area contributed by atoms with Crippen LogP contribution in [-0.4, -0.2) is 28.5 Å². The number of benzene rings is 1. The number of phenols is 1. The minimum absolute atomic E-state index is 0.0256. The van der Waals surface area contributed by atoms with Gasteiger partial charge in [0.05, 0.1) is 3.57 Å². The number of aromatic hydroxyl groups is 1. The van der Waals surface area contributed by atoms with Gasteiger partial charge in [-0.3, -0.25) is 4.79 Å². The highest BCUT2D eigenvalue weighted by Gasteiger charge is 2.32. The molecular weight excluding hydrogens is 353 g/mol. The van der Waals surface area contributed by atoms with Gasteiger partial charge in [0, 0.05) is 18.2 Å². The predicted octanol–water partition coefficient (Wildman–Crippen LogP) is 3.50. The first-order valence-electron chi connectivity index (χ1n) is 6.69. The molecule has 19 heavy (non-hydrogen) atoms. The number of rotatable bonds is 1. The fourth-order valence-electron chi connectivity index (χ4n) is 2.79. The van der Waals surface area contributed by atoms with E-state index in [4.69, 9.17) is 0 Å². The Kier molecular flexibility index (Phi) is 4.38. The highest BCUT2D eigenvalue weighted by atomic mass is 127. The first kappa shape index (κ1) is 14.6. The number of carbonyl (C=O) groups excluding carboxylic acids is 1. The van der Waals surface area contributed by atoms with Crippen LogP contribution in [0, 0.1) is 15.4 Å². The Labute approximate surface area is 128 Å². The van der Waals surface area contributed by atoms with E-state index in [2.05, 4.69) is 43.4 Å². The minimum Gasteiger partial charge on any atom is -0.507 e. The molecule has 0 aromatic heterocycles. The summed E-state index contributed by atoms with van der Waals surface area (Å²) in [5, 5.41) is 9.74. The zero-order valence-corrected chi connectivity index (χ0v) is 13.7. The fraction of sp³-hybridized carbons (Fsp3) is 0.533. The van der Waals surface area contributed by atoms with Crippen LogP contribution < -0.4 is 0 Å². The number of amides is 1. The Bertz CT molecular complexity index is 489. The Morgan fingerprint density at radius 2 is 2.05 bits per heavy atom. The molecule has 1 fully saturated rings. The van der Waals surface area contributed by atoms with Crippen molar-refractivity contribution >= 4 is 28.5 Å². The molecule has 2 rings (SSSR count). The maximum Gasteiger partial charge on any atom is 0.254 e. The highest BCUT2D eigenvalue weighted by molar-refractivity contribution is 14.1. The van der Waals surface area contributed by atoms with E-state index in [1.54, 1.807) is 18.2 Å². The molecule has 1 heterocycles. The number of halogens is 1. The third-order valence-electron chi connectivity index (χ3n) is 4.05. The van der Waals surface area contributed by atoms with Crippen molar-refractivity contribution in [1.29, 1.82) is 0 Å². The van der Waals surface area contributed by atoms with E-state index in [0.29, 0.717) is 17.4 Å². The van der Waals surface area contributed by atoms with Crippen molar-refractivity contribution in [1.82, 2.24) is 4.90 Å². The molecule has 1 N–H and O–H groups in total. The van der Waals surface area contributed by atoms with Crippen molar-refractivity contribution in [3.05, 3.63) is 27.3 Å². The van der Waals surface area contributed by atoms with Crippen LogP contribution in [0.15, 0.2) is 18.2 Å². The van der Waals surface area contributed by atoms with E-state index in [1.807, 2.05) is 4.90 Å². The molecule has 1 aromatic carbocycles. The summed E-state index contributed by atoms with van der Waals surface area (Å²) in [6.45, 7) is 7.30. The summed E-state index contributed by atoms with van der Waals surface area (Å²) < 4.78 is 0.766. The third kappa shape index (κ3) is 3.04. The average Bonchev–Trinajstić information content (AvgIpc) is 2.36. The fourth-order valence-corrected chi connectivity index (χ4v) is 3.13. The normalized spacial score (nSPS) is 27.4. The molecule has 1 aromatic rings. The molecule has 1 saturated heterocycles. The number of nitrogens with zero attached hydrogens (tertiary/aromatic N) is 1. The van der Waals surface area contributed by atoms with Crippen LogP contribution in [-0.2, 0) is 0 Å². The summed E-state index contributed by atoms with van der Waals surface area (Å²) in [6, 6.07) is 5.40. The topological polar surface area (TPSA) is 40.5 Å². The first-order chi connectivity index (χ1) is 8.90. The lowest BCUT2D eigenvalue weighted by molar-refractivity contribution is 0.0455. The summed E-state index contributed by atoms with van der Waals surface area (Å²) >= 11 is 2.05. The Morgan fingerprint density at radius 3 is 2.68 bits per heavy atom. The van der Waals surface area contributed by atoms with Crippen LogP contribution in [0.3, 0.4) is 0 Å². The number of hydrogen-bond donors (Lipinski definition) is 1. The van der Waals surface area contributed by atoms with E-state index in [-0.39, 0.29) is 17.7 Å². The molecule has 0 spiro atoms. The van der Waals surface area contributed by atoms with Crippen molar-refractivity contribution in [2.45, 2.75) is 33.2 Å². The molecular formula is C15H20INO2. The van der Waals surface area contributed by atoms with Crippen LogP contribution in [0.1, 0.15) is 37.6 Å². The van der Waals surface area contributed by atoms with Gasteiger partial charge in [-0.25, -0.2) is 0 Å². The van der Waals surface area contributed by atoms with Gasteiger partial charge in [-0.05, 0) is 66.0 Å².